The molecule has 0 saturated carbocycles. The van der Waals surface area contributed by atoms with Crippen molar-refractivity contribution >= 4 is 16.0 Å². The molecule has 0 aliphatic carbocycles. The van der Waals surface area contributed by atoms with Gasteiger partial charge in [0.05, 0.1) is 11.5 Å². The van der Waals surface area contributed by atoms with Gasteiger partial charge in [-0.15, -0.1) is 0 Å². The molecule has 2 aromatic rings. The third kappa shape index (κ3) is 6.64. The van der Waals surface area contributed by atoms with Crippen molar-refractivity contribution in [2.24, 2.45) is 0 Å². The summed E-state index contributed by atoms with van der Waals surface area (Å²) in [6.45, 7) is 8.44. The highest BCUT2D eigenvalue weighted by Crippen LogP contribution is 2.25. The molecule has 164 valence electrons. The van der Waals surface area contributed by atoms with Crippen molar-refractivity contribution in [1.29, 1.82) is 0 Å². The largest absolute Gasteiger partial charge is 0.466 e. The lowest BCUT2D eigenvalue weighted by Gasteiger charge is -2.23. The predicted molar refractivity (Wildman–Crippen MR) is 115 cm³/mol. The van der Waals surface area contributed by atoms with Crippen LogP contribution in [0.5, 0.6) is 0 Å². The Hall–Kier alpha value is -2.25. The van der Waals surface area contributed by atoms with Gasteiger partial charge in [-0.1, -0.05) is 45.0 Å². The first-order chi connectivity index (χ1) is 14.0. The maximum Gasteiger partial charge on any atom is 0.305 e. The van der Waals surface area contributed by atoms with Gasteiger partial charge >= 0.3 is 5.97 Å². The zero-order valence-electron chi connectivity index (χ0n) is 18.0. The van der Waals surface area contributed by atoms with E-state index in [1.165, 1.54) is 16.4 Å². The molecule has 0 radical (unpaired) electrons. The number of esters is 1. The molecule has 0 aliphatic heterocycles. The summed E-state index contributed by atoms with van der Waals surface area (Å²) < 4.78 is 46.1. The van der Waals surface area contributed by atoms with Crippen LogP contribution in [-0.2, 0) is 31.5 Å². The number of hydrogen-bond acceptors (Lipinski definition) is 4. The van der Waals surface area contributed by atoms with E-state index in [1.54, 1.807) is 31.2 Å². The Morgan fingerprint density at radius 3 is 2.17 bits per heavy atom. The van der Waals surface area contributed by atoms with Crippen LogP contribution >= 0.6 is 0 Å². The van der Waals surface area contributed by atoms with E-state index in [2.05, 4.69) is 20.8 Å². The lowest BCUT2D eigenvalue weighted by Crippen LogP contribution is -2.32. The molecule has 0 atom stereocenters. The summed E-state index contributed by atoms with van der Waals surface area (Å²) in [5, 5.41) is 0. The monoisotopic (exact) mass is 435 g/mol. The second kappa shape index (κ2) is 10.2. The minimum Gasteiger partial charge on any atom is -0.466 e. The number of hydrogen-bond donors (Lipinski definition) is 0. The van der Waals surface area contributed by atoms with Crippen LogP contribution in [0.15, 0.2) is 53.4 Å². The SMILES string of the molecule is CCOC(=O)CCCN(Cc1ccc(F)cc1)S(=O)(=O)c1ccc(C(C)(C)C)cc1. The van der Waals surface area contributed by atoms with Gasteiger partial charge in [-0.3, -0.25) is 4.79 Å². The zero-order chi connectivity index (χ0) is 22.4. The summed E-state index contributed by atoms with van der Waals surface area (Å²) in [5.74, 6) is -0.737. The minimum absolute atomic E-state index is 0.0876. The molecule has 5 nitrogen and oxygen atoms in total. The molecule has 0 aliphatic rings. The molecule has 0 spiro atoms. The van der Waals surface area contributed by atoms with Gasteiger partial charge in [0, 0.05) is 19.5 Å². The highest BCUT2D eigenvalue weighted by Gasteiger charge is 2.25. The molecule has 7 heteroatoms. The van der Waals surface area contributed by atoms with Crippen LogP contribution in [0.1, 0.15) is 51.7 Å². The first-order valence-electron chi connectivity index (χ1n) is 10.0. The molecule has 0 bridgehead atoms. The van der Waals surface area contributed by atoms with Crippen molar-refractivity contribution < 1.29 is 22.3 Å². The number of ether oxygens (including phenoxy) is 1. The predicted octanol–water partition coefficient (Wildman–Crippen LogP) is 4.66. The fourth-order valence-corrected chi connectivity index (χ4v) is 4.45. The van der Waals surface area contributed by atoms with Crippen molar-refractivity contribution in [1.82, 2.24) is 4.31 Å². The van der Waals surface area contributed by atoms with Crippen molar-refractivity contribution in [3.05, 3.63) is 65.5 Å². The van der Waals surface area contributed by atoms with Gasteiger partial charge in [0.1, 0.15) is 5.82 Å². The van der Waals surface area contributed by atoms with Crippen LogP contribution in [0, 0.1) is 5.82 Å². The van der Waals surface area contributed by atoms with Crippen molar-refractivity contribution in [3.63, 3.8) is 0 Å². The molecule has 0 heterocycles. The summed E-state index contributed by atoms with van der Waals surface area (Å²) in [5.41, 5.74) is 1.62. The average molecular weight is 436 g/mol. The van der Waals surface area contributed by atoms with Crippen molar-refractivity contribution in [3.8, 4) is 0 Å². The number of carbonyl (C=O) groups excluding carboxylic acids is 1. The number of rotatable bonds is 9. The summed E-state index contributed by atoms with van der Waals surface area (Å²) in [4.78, 5) is 11.8. The smallest absolute Gasteiger partial charge is 0.305 e. The van der Waals surface area contributed by atoms with Crippen LogP contribution in [-0.4, -0.2) is 31.8 Å². The van der Waals surface area contributed by atoms with Gasteiger partial charge in [-0.25, -0.2) is 12.8 Å². The lowest BCUT2D eigenvalue weighted by molar-refractivity contribution is -0.143. The lowest BCUT2D eigenvalue weighted by atomic mass is 9.87. The Balaban J connectivity index is 2.26. The van der Waals surface area contributed by atoms with Gasteiger partial charge in [-0.05, 0) is 54.2 Å². The van der Waals surface area contributed by atoms with E-state index >= 15 is 0 Å². The number of nitrogens with zero attached hydrogens (tertiary/aromatic N) is 1. The molecular formula is C23H30FNO4S. The summed E-state index contributed by atoms with van der Waals surface area (Å²) in [6, 6.07) is 12.6. The topological polar surface area (TPSA) is 63.7 Å². The quantitative estimate of drug-likeness (QED) is 0.538. The number of sulfonamides is 1. The van der Waals surface area contributed by atoms with Crippen LogP contribution in [0.25, 0.3) is 0 Å². The van der Waals surface area contributed by atoms with Gasteiger partial charge in [0.15, 0.2) is 0 Å². The van der Waals surface area contributed by atoms with Crippen molar-refractivity contribution in [2.75, 3.05) is 13.2 Å². The maximum atomic E-state index is 13.3. The van der Waals surface area contributed by atoms with Crippen LogP contribution in [0.2, 0.25) is 0 Å². The fraction of sp³-hybridized carbons (Fsp3) is 0.435. The normalized spacial score (nSPS) is 12.2. The number of benzene rings is 2. The Labute approximate surface area is 178 Å². The van der Waals surface area contributed by atoms with Gasteiger partial charge < -0.3 is 4.74 Å². The maximum absolute atomic E-state index is 13.3. The molecule has 0 N–H and O–H groups in total. The molecule has 0 fully saturated rings. The van der Waals surface area contributed by atoms with Crippen molar-refractivity contribution in [2.45, 2.75) is 57.4 Å². The molecular weight excluding hydrogens is 405 g/mol. The molecule has 2 aromatic carbocycles. The van der Waals surface area contributed by atoms with E-state index in [1.807, 2.05) is 12.1 Å². The van der Waals surface area contributed by atoms with E-state index in [0.717, 1.165) is 5.56 Å². The van der Waals surface area contributed by atoms with Gasteiger partial charge in [0.25, 0.3) is 0 Å². The highest BCUT2D eigenvalue weighted by molar-refractivity contribution is 7.89. The number of carbonyl (C=O) groups is 1. The first-order valence-corrected chi connectivity index (χ1v) is 11.5. The zero-order valence-corrected chi connectivity index (χ0v) is 18.8. The first kappa shape index (κ1) is 24.0. The van der Waals surface area contributed by atoms with E-state index in [4.69, 9.17) is 4.74 Å². The molecule has 30 heavy (non-hydrogen) atoms. The summed E-state index contributed by atoms with van der Waals surface area (Å²) in [7, 11) is -3.79. The van der Waals surface area contributed by atoms with Crippen LogP contribution in [0.3, 0.4) is 0 Å². The molecule has 0 aromatic heterocycles. The second-order valence-electron chi connectivity index (χ2n) is 8.15. The third-order valence-corrected chi connectivity index (χ3v) is 6.58. The summed E-state index contributed by atoms with van der Waals surface area (Å²) >= 11 is 0. The summed E-state index contributed by atoms with van der Waals surface area (Å²) in [6.07, 6.45) is 0.464. The second-order valence-corrected chi connectivity index (χ2v) is 10.1. The van der Waals surface area contributed by atoms with E-state index < -0.39 is 10.0 Å². The Kier molecular flexibility index (Phi) is 8.15. The van der Waals surface area contributed by atoms with Crippen LogP contribution in [0.4, 0.5) is 4.39 Å². The Bertz CT molecular complexity index is 933. The van der Waals surface area contributed by atoms with E-state index in [-0.39, 0.29) is 48.2 Å². The Morgan fingerprint density at radius 1 is 1.03 bits per heavy atom. The van der Waals surface area contributed by atoms with E-state index in [9.17, 15) is 17.6 Å². The Morgan fingerprint density at radius 2 is 1.63 bits per heavy atom. The van der Waals surface area contributed by atoms with E-state index in [0.29, 0.717) is 12.0 Å². The standard InChI is InChI=1S/C23H30FNO4S/c1-5-29-22(26)7-6-16-25(17-18-8-12-20(24)13-9-18)30(27,28)21-14-10-19(11-15-21)23(2,3)4/h8-15H,5-7,16-17H2,1-4H3. The third-order valence-electron chi connectivity index (χ3n) is 4.72. The number of halogens is 1. The minimum atomic E-state index is -3.79. The molecule has 0 unspecified atom stereocenters. The molecule has 0 amide bonds. The fourth-order valence-electron chi connectivity index (χ4n) is 2.99. The molecule has 2 rings (SSSR count). The van der Waals surface area contributed by atoms with Gasteiger partial charge in [-0.2, -0.15) is 4.31 Å². The molecule has 0 saturated heterocycles. The van der Waals surface area contributed by atoms with Crippen LogP contribution < -0.4 is 0 Å². The highest BCUT2D eigenvalue weighted by atomic mass is 32.2. The van der Waals surface area contributed by atoms with Gasteiger partial charge in [0.2, 0.25) is 10.0 Å². The average Bonchev–Trinajstić information content (AvgIpc) is 2.68.